The Hall–Kier alpha value is -2.85. The molecule has 10 heteroatoms. The van der Waals surface area contributed by atoms with Crippen LogP contribution in [-0.2, 0) is 10.0 Å². The summed E-state index contributed by atoms with van der Waals surface area (Å²) in [6.07, 6.45) is 3.34. The highest BCUT2D eigenvalue weighted by molar-refractivity contribution is 7.91. The first-order valence-electron chi connectivity index (χ1n) is 9.36. The molecule has 1 aliphatic heterocycles. The molecule has 4 rings (SSSR count). The van der Waals surface area contributed by atoms with E-state index in [2.05, 4.69) is 5.32 Å². The SMILES string of the molecule is O=[N+]([O-])c1ccc(S(=O)(=O)N2C(=S)NC3=C(CCCC3)C2c2ccc(F)cc2)cc1. The first-order valence-corrected chi connectivity index (χ1v) is 11.2. The first-order chi connectivity index (χ1) is 14.3. The largest absolute Gasteiger partial charge is 0.335 e. The van der Waals surface area contributed by atoms with Gasteiger partial charge in [-0.3, -0.25) is 10.1 Å². The van der Waals surface area contributed by atoms with Crippen molar-refractivity contribution >= 4 is 33.0 Å². The molecule has 2 aromatic rings. The van der Waals surface area contributed by atoms with E-state index < -0.39 is 26.8 Å². The van der Waals surface area contributed by atoms with E-state index in [1.165, 1.54) is 24.3 Å². The third-order valence-corrected chi connectivity index (χ3v) is 7.52. The topological polar surface area (TPSA) is 92.5 Å². The number of sulfonamides is 1. The predicted molar refractivity (Wildman–Crippen MR) is 112 cm³/mol. The van der Waals surface area contributed by atoms with Gasteiger partial charge in [0, 0.05) is 17.8 Å². The predicted octanol–water partition coefficient (Wildman–Crippen LogP) is 4.18. The van der Waals surface area contributed by atoms with Crippen molar-refractivity contribution in [2.75, 3.05) is 0 Å². The van der Waals surface area contributed by atoms with Gasteiger partial charge in [-0.2, -0.15) is 0 Å². The lowest BCUT2D eigenvalue weighted by Gasteiger charge is -2.41. The molecule has 0 saturated heterocycles. The molecule has 1 aliphatic carbocycles. The molecule has 1 heterocycles. The van der Waals surface area contributed by atoms with Crippen LogP contribution in [0, 0.1) is 15.9 Å². The number of halogens is 1. The maximum atomic E-state index is 13.5. The van der Waals surface area contributed by atoms with Crippen LogP contribution >= 0.6 is 12.2 Å². The Kier molecular flexibility index (Phi) is 5.29. The highest BCUT2D eigenvalue weighted by Gasteiger charge is 2.41. The molecule has 7 nitrogen and oxygen atoms in total. The van der Waals surface area contributed by atoms with E-state index in [0.717, 1.165) is 47.0 Å². The number of benzene rings is 2. The maximum Gasteiger partial charge on any atom is 0.269 e. The van der Waals surface area contributed by atoms with Crippen molar-refractivity contribution in [3.8, 4) is 0 Å². The number of thiocarbonyl (C=S) groups is 1. The van der Waals surface area contributed by atoms with Crippen molar-refractivity contribution < 1.29 is 17.7 Å². The van der Waals surface area contributed by atoms with Crippen LogP contribution in [0.3, 0.4) is 0 Å². The number of hydrogen-bond donors (Lipinski definition) is 1. The van der Waals surface area contributed by atoms with Crippen molar-refractivity contribution in [2.45, 2.75) is 36.6 Å². The quantitative estimate of drug-likeness (QED) is 0.429. The van der Waals surface area contributed by atoms with E-state index in [1.807, 2.05) is 0 Å². The number of nitro benzene ring substituents is 1. The summed E-state index contributed by atoms with van der Waals surface area (Å²) in [4.78, 5) is 10.2. The second kappa shape index (κ2) is 7.77. The zero-order valence-electron chi connectivity index (χ0n) is 15.7. The fourth-order valence-electron chi connectivity index (χ4n) is 3.90. The first kappa shape index (κ1) is 20.4. The smallest absolute Gasteiger partial charge is 0.269 e. The van der Waals surface area contributed by atoms with Gasteiger partial charge in [0.05, 0.1) is 15.9 Å². The number of rotatable bonds is 4. The van der Waals surface area contributed by atoms with Gasteiger partial charge in [0.25, 0.3) is 15.7 Å². The third kappa shape index (κ3) is 3.56. The summed E-state index contributed by atoms with van der Waals surface area (Å²) in [5.41, 5.74) is 2.23. The minimum Gasteiger partial charge on any atom is -0.335 e. The van der Waals surface area contributed by atoms with E-state index in [0.29, 0.717) is 12.0 Å². The Morgan fingerprint density at radius 1 is 1.07 bits per heavy atom. The number of nitro groups is 1. The summed E-state index contributed by atoms with van der Waals surface area (Å²) < 4.78 is 41.7. The van der Waals surface area contributed by atoms with Crippen LogP contribution in [0.4, 0.5) is 10.1 Å². The van der Waals surface area contributed by atoms with Crippen molar-refractivity contribution in [3.63, 3.8) is 0 Å². The van der Waals surface area contributed by atoms with Crippen molar-refractivity contribution in [2.24, 2.45) is 0 Å². The van der Waals surface area contributed by atoms with Gasteiger partial charge < -0.3 is 5.32 Å². The summed E-state index contributed by atoms with van der Waals surface area (Å²) >= 11 is 5.43. The second-order valence-electron chi connectivity index (χ2n) is 7.15. The Balaban J connectivity index is 1.84. The Morgan fingerprint density at radius 2 is 1.70 bits per heavy atom. The maximum absolute atomic E-state index is 13.5. The van der Waals surface area contributed by atoms with Crippen LogP contribution in [0.1, 0.15) is 37.3 Å². The van der Waals surface area contributed by atoms with Crippen LogP contribution in [0.2, 0.25) is 0 Å². The zero-order chi connectivity index (χ0) is 21.5. The van der Waals surface area contributed by atoms with Crippen molar-refractivity contribution in [1.82, 2.24) is 9.62 Å². The number of nitrogens with zero attached hydrogens (tertiary/aromatic N) is 2. The number of hydrogen-bond acceptors (Lipinski definition) is 5. The van der Waals surface area contributed by atoms with Gasteiger partial charge >= 0.3 is 0 Å². The lowest BCUT2D eigenvalue weighted by Crippen LogP contribution is -2.50. The monoisotopic (exact) mass is 447 g/mol. The Bertz CT molecular complexity index is 1150. The molecule has 0 fully saturated rings. The van der Waals surface area contributed by atoms with Crippen LogP contribution in [-0.4, -0.2) is 22.8 Å². The van der Waals surface area contributed by atoms with Crippen LogP contribution in [0.25, 0.3) is 0 Å². The standard InChI is InChI=1S/C20H18FN3O4S2/c21-14-7-5-13(6-8-14)19-17-3-1-2-4-18(17)22-20(29)23(19)30(27,28)16-11-9-15(10-12-16)24(25)26/h5-12,19H,1-4H2,(H,22,29). The molecule has 30 heavy (non-hydrogen) atoms. The van der Waals surface area contributed by atoms with E-state index in [1.54, 1.807) is 12.1 Å². The average Bonchev–Trinajstić information content (AvgIpc) is 2.73. The normalized spacial score (nSPS) is 19.3. The molecule has 0 radical (unpaired) electrons. The molecular weight excluding hydrogens is 429 g/mol. The molecule has 0 saturated carbocycles. The van der Waals surface area contributed by atoms with Gasteiger partial charge in [-0.15, -0.1) is 0 Å². The van der Waals surface area contributed by atoms with Gasteiger partial charge in [-0.05, 0) is 73.3 Å². The number of nitrogens with one attached hydrogen (secondary N) is 1. The second-order valence-corrected chi connectivity index (χ2v) is 9.35. The van der Waals surface area contributed by atoms with Crippen LogP contribution in [0.15, 0.2) is 64.7 Å². The summed E-state index contributed by atoms with van der Waals surface area (Å²) in [6.45, 7) is 0. The zero-order valence-corrected chi connectivity index (χ0v) is 17.4. The molecular formula is C20H18FN3O4S2. The van der Waals surface area contributed by atoms with Gasteiger partial charge in [-0.1, -0.05) is 12.1 Å². The summed E-state index contributed by atoms with van der Waals surface area (Å²) in [5, 5.41) is 14.0. The summed E-state index contributed by atoms with van der Waals surface area (Å²) in [5.74, 6) is -0.419. The molecule has 1 atom stereocenters. The van der Waals surface area contributed by atoms with Crippen LogP contribution < -0.4 is 5.32 Å². The molecule has 0 amide bonds. The van der Waals surface area contributed by atoms with E-state index >= 15 is 0 Å². The van der Waals surface area contributed by atoms with Gasteiger partial charge in [-0.25, -0.2) is 17.1 Å². The summed E-state index contributed by atoms with van der Waals surface area (Å²) in [7, 11) is -4.13. The van der Waals surface area contributed by atoms with E-state index in [-0.39, 0.29) is 15.7 Å². The van der Waals surface area contributed by atoms with Gasteiger partial charge in [0.2, 0.25) is 0 Å². The fourth-order valence-corrected chi connectivity index (χ4v) is 5.92. The van der Waals surface area contributed by atoms with Crippen LogP contribution in [0.5, 0.6) is 0 Å². The molecule has 1 N–H and O–H groups in total. The number of allylic oxidation sites excluding steroid dienone is 1. The van der Waals surface area contributed by atoms with Crippen molar-refractivity contribution in [1.29, 1.82) is 0 Å². The molecule has 2 aliphatic rings. The molecule has 0 bridgehead atoms. The minimum absolute atomic E-state index is 0.0309. The van der Waals surface area contributed by atoms with Gasteiger partial charge in [0.15, 0.2) is 5.11 Å². The molecule has 2 aromatic carbocycles. The lowest BCUT2D eigenvalue weighted by atomic mass is 9.86. The lowest BCUT2D eigenvalue weighted by molar-refractivity contribution is -0.384. The molecule has 156 valence electrons. The van der Waals surface area contributed by atoms with E-state index in [4.69, 9.17) is 12.2 Å². The molecule has 0 aromatic heterocycles. The Labute approximate surface area is 178 Å². The molecule has 1 unspecified atom stereocenters. The van der Waals surface area contributed by atoms with Crippen molar-refractivity contribution in [3.05, 3.63) is 81.3 Å². The highest BCUT2D eigenvalue weighted by Crippen LogP contribution is 2.42. The fraction of sp³-hybridized carbons (Fsp3) is 0.250. The molecule has 0 spiro atoms. The highest BCUT2D eigenvalue weighted by atomic mass is 32.2. The Morgan fingerprint density at radius 3 is 2.33 bits per heavy atom. The van der Waals surface area contributed by atoms with Gasteiger partial charge in [0.1, 0.15) is 5.82 Å². The average molecular weight is 448 g/mol. The number of non-ortho nitro benzene ring substituents is 1. The summed E-state index contributed by atoms with van der Waals surface area (Å²) in [6, 6.07) is 9.69. The van der Waals surface area contributed by atoms with E-state index in [9.17, 15) is 22.9 Å². The third-order valence-electron chi connectivity index (χ3n) is 5.32. The minimum atomic E-state index is -4.13.